The Morgan fingerprint density at radius 1 is 0.826 bits per heavy atom. The molecular formula is C36H37F3N4O3. The number of benzene rings is 3. The molecule has 7 nitrogen and oxygen atoms in total. The van der Waals surface area contributed by atoms with Gasteiger partial charge in [0.05, 0.1) is 7.11 Å². The number of ether oxygens (including phenoxy) is 2. The van der Waals surface area contributed by atoms with Gasteiger partial charge < -0.3 is 19.7 Å². The summed E-state index contributed by atoms with van der Waals surface area (Å²) in [6.07, 6.45) is -2.55. The Labute approximate surface area is 267 Å². The fourth-order valence-corrected chi connectivity index (χ4v) is 6.61. The molecule has 0 bridgehead atoms. The summed E-state index contributed by atoms with van der Waals surface area (Å²) >= 11 is 0. The van der Waals surface area contributed by atoms with Crippen molar-refractivity contribution in [3.8, 4) is 28.5 Å². The summed E-state index contributed by atoms with van der Waals surface area (Å²) in [5.74, 6) is 2.22. The lowest BCUT2D eigenvalue weighted by atomic mass is 9.73. The van der Waals surface area contributed by atoms with Crippen LogP contribution in [0.4, 0.5) is 19.0 Å². The summed E-state index contributed by atoms with van der Waals surface area (Å²) in [5.41, 5.74) is 2.19. The number of hydrogen-bond donors (Lipinski definition) is 1. The van der Waals surface area contributed by atoms with E-state index in [4.69, 9.17) is 14.5 Å². The molecule has 1 aliphatic heterocycles. The third kappa shape index (κ3) is 6.67. The minimum absolute atomic E-state index is 0.426. The summed E-state index contributed by atoms with van der Waals surface area (Å²) in [7, 11) is 1.62. The average molecular weight is 631 g/mol. The van der Waals surface area contributed by atoms with Crippen LogP contribution in [0.2, 0.25) is 0 Å². The fraction of sp³-hybridized carbons (Fsp3) is 0.333. The van der Waals surface area contributed by atoms with Crippen molar-refractivity contribution < 1.29 is 27.4 Å². The normalized spacial score (nSPS) is 15.6. The van der Waals surface area contributed by atoms with Crippen LogP contribution in [0.5, 0.6) is 17.4 Å². The molecule has 1 fully saturated rings. The van der Waals surface area contributed by atoms with Crippen LogP contribution >= 0.6 is 0 Å². The molecular weight excluding hydrogens is 593 g/mol. The first kappa shape index (κ1) is 31.4. The molecule has 1 aliphatic carbocycles. The SMILES string of the molecule is COc1ccc(Oc2cccc(N3CCN(CCCCC4(C(=O)NCC(F)(F)F)c5ccccc5-c5ccccc54)CC3)n2)cc1. The van der Waals surface area contributed by atoms with E-state index in [-0.39, 0.29) is 0 Å². The van der Waals surface area contributed by atoms with Gasteiger partial charge in [-0.3, -0.25) is 9.69 Å². The second kappa shape index (κ2) is 13.4. The van der Waals surface area contributed by atoms with Gasteiger partial charge in [0.2, 0.25) is 11.8 Å². The molecule has 1 saturated heterocycles. The second-order valence-electron chi connectivity index (χ2n) is 11.7. The number of fused-ring (bicyclic) bond motifs is 3. The number of halogens is 3. The van der Waals surface area contributed by atoms with Gasteiger partial charge in [0.1, 0.15) is 29.3 Å². The van der Waals surface area contributed by atoms with E-state index in [1.807, 2.05) is 91.0 Å². The van der Waals surface area contributed by atoms with Crippen molar-refractivity contribution in [1.82, 2.24) is 15.2 Å². The molecule has 0 spiro atoms. The van der Waals surface area contributed by atoms with Crippen LogP contribution in [-0.4, -0.2) is 68.3 Å². The Kier molecular flexibility index (Phi) is 9.17. The van der Waals surface area contributed by atoms with Crippen LogP contribution in [-0.2, 0) is 10.2 Å². The fourth-order valence-electron chi connectivity index (χ4n) is 6.61. The maximum Gasteiger partial charge on any atom is 0.405 e. The first-order chi connectivity index (χ1) is 22.3. The second-order valence-corrected chi connectivity index (χ2v) is 11.7. The smallest absolute Gasteiger partial charge is 0.405 e. The monoisotopic (exact) mass is 630 g/mol. The number of alkyl halides is 3. The number of carbonyl (C=O) groups is 1. The Morgan fingerprint density at radius 2 is 1.46 bits per heavy atom. The van der Waals surface area contributed by atoms with E-state index in [0.29, 0.717) is 24.5 Å². The van der Waals surface area contributed by atoms with Gasteiger partial charge in [0.15, 0.2) is 0 Å². The van der Waals surface area contributed by atoms with Crippen LogP contribution < -0.4 is 19.7 Å². The highest BCUT2D eigenvalue weighted by atomic mass is 19.4. The zero-order chi connectivity index (χ0) is 32.1. The lowest BCUT2D eigenvalue weighted by Crippen LogP contribution is -2.48. The molecule has 3 aromatic carbocycles. The third-order valence-electron chi connectivity index (χ3n) is 8.86. The number of methoxy groups -OCH3 is 1. The van der Waals surface area contributed by atoms with Gasteiger partial charge in [-0.2, -0.15) is 18.2 Å². The predicted octanol–water partition coefficient (Wildman–Crippen LogP) is 6.82. The van der Waals surface area contributed by atoms with Gasteiger partial charge >= 0.3 is 6.18 Å². The van der Waals surface area contributed by atoms with E-state index in [9.17, 15) is 18.0 Å². The van der Waals surface area contributed by atoms with Gasteiger partial charge in [0.25, 0.3) is 0 Å². The number of anilines is 1. The summed E-state index contributed by atoms with van der Waals surface area (Å²) < 4.78 is 50.6. The van der Waals surface area contributed by atoms with E-state index in [2.05, 4.69) is 15.1 Å². The largest absolute Gasteiger partial charge is 0.497 e. The highest BCUT2D eigenvalue weighted by Gasteiger charge is 2.49. The van der Waals surface area contributed by atoms with Crippen molar-refractivity contribution in [2.24, 2.45) is 0 Å². The molecule has 1 N–H and O–H groups in total. The van der Waals surface area contributed by atoms with Crippen molar-refractivity contribution in [3.63, 3.8) is 0 Å². The van der Waals surface area contributed by atoms with E-state index < -0.39 is 24.0 Å². The molecule has 2 heterocycles. The number of nitrogens with one attached hydrogen (secondary N) is 1. The van der Waals surface area contributed by atoms with E-state index >= 15 is 0 Å². The van der Waals surface area contributed by atoms with Crippen molar-refractivity contribution in [2.45, 2.75) is 30.9 Å². The quantitative estimate of drug-likeness (QED) is 0.184. The molecule has 6 rings (SSSR count). The molecule has 1 aromatic heterocycles. The van der Waals surface area contributed by atoms with Gasteiger partial charge in [-0.05, 0) is 72.0 Å². The summed E-state index contributed by atoms with van der Waals surface area (Å²) in [4.78, 5) is 23.1. The summed E-state index contributed by atoms with van der Waals surface area (Å²) in [5, 5.41) is 2.22. The molecule has 4 aromatic rings. The number of nitrogens with zero attached hydrogens (tertiary/aromatic N) is 3. The van der Waals surface area contributed by atoms with Gasteiger partial charge in [-0.1, -0.05) is 61.0 Å². The van der Waals surface area contributed by atoms with Crippen LogP contribution in [0.15, 0.2) is 91.0 Å². The Balaban J connectivity index is 1.06. The highest BCUT2D eigenvalue weighted by Crippen LogP contribution is 2.51. The molecule has 10 heteroatoms. The number of piperazine rings is 1. The zero-order valence-electron chi connectivity index (χ0n) is 25.7. The number of rotatable bonds is 11. The van der Waals surface area contributed by atoms with Gasteiger partial charge in [0, 0.05) is 32.2 Å². The van der Waals surface area contributed by atoms with Gasteiger partial charge in [-0.15, -0.1) is 0 Å². The number of carbonyl (C=O) groups excluding carboxylic acids is 1. The molecule has 1 amide bonds. The summed E-state index contributed by atoms with van der Waals surface area (Å²) in [6, 6.07) is 28.3. The number of unbranched alkanes of at least 4 members (excludes halogenated alkanes) is 1. The zero-order valence-corrected chi connectivity index (χ0v) is 25.7. The minimum Gasteiger partial charge on any atom is -0.497 e. The maximum atomic E-state index is 13.7. The van der Waals surface area contributed by atoms with Crippen LogP contribution in [0.1, 0.15) is 30.4 Å². The minimum atomic E-state index is -4.49. The summed E-state index contributed by atoms with van der Waals surface area (Å²) in [6.45, 7) is 2.81. The van der Waals surface area contributed by atoms with Crippen LogP contribution in [0.3, 0.4) is 0 Å². The lowest BCUT2D eigenvalue weighted by Gasteiger charge is -2.36. The number of aromatic nitrogens is 1. The van der Waals surface area contributed by atoms with Crippen molar-refractivity contribution in [1.29, 1.82) is 0 Å². The molecule has 0 radical (unpaired) electrons. The Bertz CT molecular complexity index is 1610. The number of amides is 1. The molecule has 240 valence electrons. The number of hydrogen-bond acceptors (Lipinski definition) is 6. The van der Waals surface area contributed by atoms with Gasteiger partial charge in [-0.25, -0.2) is 0 Å². The van der Waals surface area contributed by atoms with Crippen LogP contribution in [0.25, 0.3) is 11.1 Å². The molecule has 0 saturated carbocycles. The highest BCUT2D eigenvalue weighted by molar-refractivity contribution is 6.00. The van der Waals surface area contributed by atoms with Crippen molar-refractivity contribution >= 4 is 11.7 Å². The van der Waals surface area contributed by atoms with E-state index in [1.165, 1.54) is 0 Å². The topological polar surface area (TPSA) is 66.9 Å². The van der Waals surface area contributed by atoms with E-state index in [1.54, 1.807) is 7.11 Å². The maximum absolute atomic E-state index is 13.7. The van der Waals surface area contributed by atoms with E-state index in [0.717, 1.165) is 73.0 Å². The molecule has 46 heavy (non-hydrogen) atoms. The lowest BCUT2D eigenvalue weighted by molar-refractivity contribution is -0.141. The third-order valence-corrected chi connectivity index (χ3v) is 8.86. The Hall–Kier alpha value is -4.57. The molecule has 2 aliphatic rings. The predicted molar refractivity (Wildman–Crippen MR) is 172 cm³/mol. The first-order valence-electron chi connectivity index (χ1n) is 15.6. The van der Waals surface area contributed by atoms with Crippen molar-refractivity contribution in [3.05, 3.63) is 102 Å². The average Bonchev–Trinajstić information content (AvgIpc) is 3.36. The molecule has 0 unspecified atom stereocenters. The Morgan fingerprint density at radius 3 is 2.09 bits per heavy atom. The first-order valence-corrected chi connectivity index (χ1v) is 15.6. The van der Waals surface area contributed by atoms with Crippen molar-refractivity contribution in [2.75, 3.05) is 51.3 Å². The van der Waals surface area contributed by atoms with Crippen LogP contribution in [0, 0.1) is 0 Å². The standard InChI is InChI=1S/C36H37F3N4O3/c1-45-26-15-17-27(18-16-26)46-33-14-8-13-32(41-33)43-23-21-42(22-24-43)20-7-6-19-35(34(44)40-25-36(37,38)39)30-11-4-2-9-28(30)29-10-3-5-12-31(29)35/h2-5,8-18H,6-7,19-25H2,1H3,(H,40,44). The number of pyridine rings is 1. The molecule has 0 atom stereocenters.